The molecule has 0 saturated heterocycles. The van der Waals surface area contributed by atoms with Crippen LogP contribution in [0.25, 0.3) is 11.0 Å². The quantitative estimate of drug-likeness (QED) is 0.848. The Kier molecular flexibility index (Phi) is 3.41. The highest BCUT2D eigenvalue weighted by Crippen LogP contribution is 2.19. The Bertz CT molecular complexity index is 539. The molecule has 0 aliphatic heterocycles. The number of fused-ring (bicyclic) bond motifs is 1. The molecule has 0 bridgehead atoms. The first-order valence-corrected chi connectivity index (χ1v) is 6.23. The minimum absolute atomic E-state index is 0.0432. The monoisotopic (exact) mass is 247 g/mol. The predicted octanol–water partition coefficient (Wildman–Crippen LogP) is 2.95. The Hall–Kier alpha value is -1.39. The molecule has 1 N–H and O–H groups in total. The second kappa shape index (κ2) is 4.71. The summed E-state index contributed by atoms with van der Waals surface area (Å²) >= 11 is 0. The van der Waals surface area contributed by atoms with Crippen LogP contribution in [0.15, 0.2) is 24.3 Å². The highest BCUT2D eigenvalue weighted by Gasteiger charge is 2.17. The number of nitrogens with zero attached hydrogens (tertiary/aromatic N) is 2. The molecule has 0 saturated carbocycles. The summed E-state index contributed by atoms with van der Waals surface area (Å²) in [4.78, 5) is 10.2. The molecule has 98 valence electrons. The number of hydrogen-bond donors (Lipinski definition) is 1. The van der Waals surface area contributed by atoms with E-state index in [0.29, 0.717) is 0 Å². The van der Waals surface area contributed by atoms with Gasteiger partial charge in [-0.25, -0.2) is 4.98 Å². The average molecular weight is 247 g/mol. The second-order valence-corrected chi connectivity index (χ2v) is 5.57. The number of hydroxylamine groups is 1. The number of nitrogens with one attached hydrogen (secondary N) is 1. The van der Waals surface area contributed by atoms with E-state index in [4.69, 9.17) is 4.84 Å². The second-order valence-electron chi connectivity index (χ2n) is 5.57. The smallest absolute Gasteiger partial charge is 0.128 e. The first-order valence-electron chi connectivity index (χ1n) is 6.23. The largest absolute Gasteiger partial charge is 0.330 e. The van der Waals surface area contributed by atoms with E-state index in [0.717, 1.165) is 16.9 Å². The van der Waals surface area contributed by atoms with E-state index in [1.165, 1.54) is 0 Å². The zero-order chi connectivity index (χ0) is 13.3. The third-order valence-electron chi connectivity index (χ3n) is 2.75. The summed E-state index contributed by atoms with van der Waals surface area (Å²) in [6.45, 7) is 8.10. The summed E-state index contributed by atoms with van der Waals surface area (Å²) in [6.07, 6.45) is 0. The summed E-state index contributed by atoms with van der Waals surface area (Å²) in [6, 6.07) is 8.17. The fraction of sp³-hybridized carbons (Fsp3) is 0.500. The van der Waals surface area contributed by atoms with Gasteiger partial charge in [-0.1, -0.05) is 12.1 Å². The molecule has 0 radical (unpaired) electrons. The Morgan fingerprint density at radius 3 is 2.56 bits per heavy atom. The Balaban J connectivity index is 2.23. The lowest BCUT2D eigenvalue weighted by atomic mass is 10.2. The molecule has 1 atom stereocenters. The normalized spacial score (nSPS) is 14.1. The van der Waals surface area contributed by atoms with E-state index in [2.05, 4.69) is 21.1 Å². The summed E-state index contributed by atoms with van der Waals surface area (Å²) in [5, 5.41) is 0. The number of aromatic nitrogens is 2. The van der Waals surface area contributed by atoms with E-state index >= 15 is 0 Å². The maximum absolute atomic E-state index is 5.59. The van der Waals surface area contributed by atoms with Crippen molar-refractivity contribution in [1.29, 1.82) is 0 Å². The van der Waals surface area contributed by atoms with Crippen molar-refractivity contribution in [2.45, 2.75) is 39.3 Å². The number of imidazole rings is 1. The van der Waals surface area contributed by atoms with Crippen molar-refractivity contribution in [2.24, 2.45) is 7.05 Å². The third-order valence-corrected chi connectivity index (χ3v) is 2.75. The zero-order valence-electron chi connectivity index (χ0n) is 11.7. The van der Waals surface area contributed by atoms with Gasteiger partial charge in [-0.05, 0) is 39.8 Å². The number of rotatable bonds is 3. The summed E-state index contributed by atoms with van der Waals surface area (Å²) < 4.78 is 2.10. The molecule has 0 aliphatic carbocycles. The lowest BCUT2D eigenvalue weighted by Gasteiger charge is -2.22. The van der Waals surface area contributed by atoms with Crippen LogP contribution in [-0.2, 0) is 11.9 Å². The highest BCUT2D eigenvalue weighted by atomic mass is 16.7. The lowest BCUT2D eigenvalue weighted by molar-refractivity contribution is -0.0879. The van der Waals surface area contributed by atoms with Crippen molar-refractivity contribution in [2.75, 3.05) is 0 Å². The first-order chi connectivity index (χ1) is 8.38. The fourth-order valence-corrected chi connectivity index (χ4v) is 1.87. The average Bonchev–Trinajstić information content (AvgIpc) is 2.64. The van der Waals surface area contributed by atoms with Crippen molar-refractivity contribution < 1.29 is 4.84 Å². The fourth-order valence-electron chi connectivity index (χ4n) is 1.87. The maximum atomic E-state index is 5.59. The molecule has 1 unspecified atom stereocenters. The SMILES string of the molecule is CC(NOC(C)(C)C)c1nc2ccccc2n1C. The molecule has 0 amide bonds. The van der Waals surface area contributed by atoms with Gasteiger partial charge >= 0.3 is 0 Å². The minimum atomic E-state index is -0.209. The molecule has 2 rings (SSSR count). The van der Waals surface area contributed by atoms with Crippen LogP contribution in [0, 0.1) is 0 Å². The van der Waals surface area contributed by atoms with E-state index in [9.17, 15) is 0 Å². The van der Waals surface area contributed by atoms with Gasteiger partial charge in [0.2, 0.25) is 0 Å². The number of aryl methyl sites for hydroxylation is 1. The van der Waals surface area contributed by atoms with Gasteiger partial charge in [0.05, 0.1) is 22.7 Å². The molecule has 4 nitrogen and oxygen atoms in total. The van der Waals surface area contributed by atoms with E-state index < -0.39 is 0 Å². The molecule has 0 aliphatic rings. The van der Waals surface area contributed by atoms with Crippen molar-refractivity contribution >= 4 is 11.0 Å². The van der Waals surface area contributed by atoms with Gasteiger partial charge in [-0.3, -0.25) is 4.84 Å². The van der Waals surface area contributed by atoms with Crippen LogP contribution in [0.2, 0.25) is 0 Å². The van der Waals surface area contributed by atoms with Crippen LogP contribution in [0.1, 0.15) is 39.6 Å². The predicted molar refractivity (Wildman–Crippen MR) is 73.1 cm³/mol. The zero-order valence-corrected chi connectivity index (χ0v) is 11.7. The van der Waals surface area contributed by atoms with Gasteiger partial charge in [0.15, 0.2) is 0 Å². The number of para-hydroxylation sites is 2. The van der Waals surface area contributed by atoms with E-state index in [1.54, 1.807) is 0 Å². The molecule has 4 heteroatoms. The van der Waals surface area contributed by atoms with Gasteiger partial charge in [0.25, 0.3) is 0 Å². The standard InChI is InChI=1S/C14H21N3O/c1-10(16-18-14(2,3)4)13-15-11-8-6-7-9-12(11)17(13)5/h6-10,16H,1-5H3. The Labute approximate surface area is 108 Å². The molecule has 2 aromatic rings. The van der Waals surface area contributed by atoms with Crippen LogP contribution in [0.4, 0.5) is 0 Å². The maximum Gasteiger partial charge on any atom is 0.128 e. The van der Waals surface area contributed by atoms with E-state index in [1.807, 2.05) is 52.9 Å². The van der Waals surface area contributed by atoms with Gasteiger partial charge in [0.1, 0.15) is 5.82 Å². The first kappa shape index (κ1) is 13.1. The van der Waals surface area contributed by atoms with Crippen molar-refractivity contribution in [3.8, 4) is 0 Å². The molecule has 18 heavy (non-hydrogen) atoms. The van der Waals surface area contributed by atoms with Gasteiger partial charge in [0, 0.05) is 7.05 Å². The molecular formula is C14H21N3O. The topological polar surface area (TPSA) is 39.1 Å². The molecule has 1 aromatic carbocycles. The van der Waals surface area contributed by atoms with E-state index in [-0.39, 0.29) is 11.6 Å². The van der Waals surface area contributed by atoms with Crippen molar-refractivity contribution in [3.63, 3.8) is 0 Å². The summed E-state index contributed by atoms with van der Waals surface area (Å²) in [7, 11) is 2.03. The lowest BCUT2D eigenvalue weighted by Crippen LogP contribution is -2.31. The van der Waals surface area contributed by atoms with Crippen LogP contribution in [0.5, 0.6) is 0 Å². The molecule has 1 heterocycles. The molecule has 0 fully saturated rings. The number of benzene rings is 1. The molecule has 1 aromatic heterocycles. The van der Waals surface area contributed by atoms with Gasteiger partial charge < -0.3 is 4.57 Å². The third kappa shape index (κ3) is 2.71. The van der Waals surface area contributed by atoms with Gasteiger partial charge in [-0.15, -0.1) is 0 Å². The van der Waals surface area contributed by atoms with Crippen LogP contribution in [0.3, 0.4) is 0 Å². The highest BCUT2D eigenvalue weighted by molar-refractivity contribution is 5.75. The van der Waals surface area contributed by atoms with Crippen LogP contribution in [-0.4, -0.2) is 15.2 Å². The molecule has 0 spiro atoms. The van der Waals surface area contributed by atoms with Crippen molar-refractivity contribution in [3.05, 3.63) is 30.1 Å². The molecular weight excluding hydrogens is 226 g/mol. The Morgan fingerprint density at radius 1 is 1.28 bits per heavy atom. The summed E-state index contributed by atoms with van der Waals surface area (Å²) in [5.41, 5.74) is 5.00. The minimum Gasteiger partial charge on any atom is -0.330 e. The van der Waals surface area contributed by atoms with Crippen LogP contribution >= 0.6 is 0 Å². The summed E-state index contributed by atoms with van der Waals surface area (Å²) in [5.74, 6) is 0.973. The van der Waals surface area contributed by atoms with Gasteiger partial charge in [-0.2, -0.15) is 5.48 Å². The number of hydrogen-bond acceptors (Lipinski definition) is 3. The van der Waals surface area contributed by atoms with Crippen molar-refractivity contribution in [1.82, 2.24) is 15.0 Å². The van der Waals surface area contributed by atoms with Crippen LogP contribution < -0.4 is 5.48 Å². The Morgan fingerprint density at radius 2 is 1.94 bits per heavy atom.